The monoisotopic (exact) mass is 358 g/mol. The van der Waals surface area contributed by atoms with E-state index in [0.29, 0.717) is 13.0 Å². The molecule has 0 aliphatic rings. The number of esters is 1. The Hall–Kier alpha value is -1.57. The fraction of sp³-hybridized carbons (Fsp3) is 0.625. The molecule has 0 saturated carbocycles. The summed E-state index contributed by atoms with van der Waals surface area (Å²) >= 11 is 0. The van der Waals surface area contributed by atoms with E-state index in [1.165, 1.54) is 69.8 Å². The van der Waals surface area contributed by atoms with Gasteiger partial charge in [0.25, 0.3) is 0 Å². The van der Waals surface area contributed by atoms with Gasteiger partial charge in [0.1, 0.15) is 0 Å². The molecule has 0 saturated heterocycles. The second kappa shape index (κ2) is 16.9. The first-order valence-electron chi connectivity index (χ1n) is 10.7. The van der Waals surface area contributed by atoms with E-state index in [1.807, 2.05) is 6.92 Å². The lowest BCUT2D eigenvalue weighted by Gasteiger charge is -2.02. The zero-order valence-electron chi connectivity index (χ0n) is 16.8. The highest BCUT2D eigenvalue weighted by Crippen LogP contribution is 2.10. The smallest absolute Gasteiger partial charge is 0.305 e. The normalized spacial score (nSPS) is 11.1. The third-order valence-corrected chi connectivity index (χ3v) is 4.65. The number of carbonyl (C=O) groups is 1. The maximum atomic E-state index is 11.2. The van der Waals surface area contributed by atoms with Crippen LogP contribution in [0.1, 0.15) is 89.5 Å². The Morgan fingerprint density at radius 1 is 0.808 bits per heavy atom. The molecule has 1 rings (SSSR count). The summed E-state index contributed by atoms with van der Waals surface area (Å²) in [4.78, 5) is 11.2. The molecule has 0 radical (unpaired) electrons. The number of hydrogen-bond donors (Lipinski definition) is 0. The Morgan fingerprint density at radius 2 is 1.38 bits per heavy atom. The number of benzene rings is 1. The minimum absolute atomic E-state index is 0.0458. The molecule has 0 aliphatic heterocycles. The Morgan fingerprint density at radius 3 is 2.04 bits per heavy atom. The summed E-state index contributed by atoms with van der Waals surface area (Å²) < 4.78 is 4.93. The van der Waals surface area contributed by atoms with Crippen LogP contribution in [0.4, 0.5) is 0 Å². The molecule has 0 spiro atoms. The van der Waals surface area contributed by atoms with Crippen molar-refractivity contribution in [2.24, 2.45) is 0 Å². The first-order valence-corrected chi connectivity index (χ1v) is 10.7. The van der Waals surface area contributed by atoms with Crippen LogP contribution in [-0.4, -0.2) is 12.6 Å². The van der Waals surface area contributed by atoms with Gasteiger partial charge >= 0.3 is 5.97 Å². The lowest BCUT2D eigenvalue weighted by Crippen LogP contribution is -2.03. The molecule has 0 heterocycles. The lowest BCUT2D eigenvalue weighted by atomic mass is 10.1. The van der Waals surface area contributed by atoms with Crippen LogP contribution in [0.15, 0.2) is 42.5 Å². The minimum atomic E-state index is -0.0458. The third-order valence-electron chi connectivity index (χ3n) is 4.65. The Kier molecular flexibility index (Phi) is 14.6. The molecule has 0 aliphatic carbocycles. The summed E-state index contributed by atoms with van der Waals surface area (Å²) in [6.07, 6.45) is 20.1. The molecule has 0 fully saturated rings. The summed E-state index contributed by atoms with van der Waals surface area (Å²) in [5, 5.41) is 0. The lowest BCUT2D eigenvalue weighted by molar-refractivity contribution is -0.143. The molecular formula is C24H38O2. The van der Waals surface area contributed by atoms with Crippen LogP contribution >= 0.6 is 0 Å². The van der Waals surface area contributed by atoms with E-state index < -0.39 is 0 Å². The quantitative estimate of drug-likeness (QED) is 0.180. The standard InChI is InChI=1S/C24H38O2/c1-2-26-24(25)22-18-13-11-9-7-5-3-4-6-8-10-12-15-19-23-20-16-14-17-21-23/h3-4,14,16-17,20-21H,2,5-13,15,18-19,22H2,1H3/b4-3+. The number of carbonyl (C=O) groups excluding carboxylic acids is 1. The van der Waals surface area contributed by atoms with E-state index in [4.69, 9.17) is 4.74 Å². The Balaban J connectivity index is 1.79. The van der Waals surface area contributed by atoms with E-state index >= 15 is 0 Å². The summed E-state index contributed by atoms with van der Waals surface area (Å²) in [7, 11) is 0. The number of ether oxygens (including phenoxy) is 1. The van der Waals surface area contributed by atoms with Gasteiger partial charge in [0.05, 0.1) is 6.61 Å². The molecule has 26 heavy (non-hydrogen) atoms. The number of aryl methyl sites for hydroxylation is 1. The molecule has 0 atom stereocenters. The Labute approximate surface area is 161 Å². The minimum Gasteiger partial charge on any atom is -0.466 e. The van der Waals surface area contributed by atoms with Gasteiger partial charge in [0, 0.05) is 6.42 Å². The number of allylic oxidation sites excluding steroid dienone is 2. The zero-order chi connectivity index (χ0) is 18.7. The topological polar surface area (TPSA) is 26.3 Å². The molecule has 0 N–H and O–H groups in total. The highest BCUT2D eigenvalue weighted by Gasteiger charge is 2.00. The molecule has 2 heteroatoms. The van der Waals surface area contributed by atoms with E-state index in [2.05, 4.69) is 42.5 Å². The largest absolute Gasteiger partial charge is 0.466 e. The van der Waals surface area contributed by atoms with Gasteiger partial charge in [-0.25, -0.2) is 0 Å². The van der Waals surface area contributed by atoms with E-state index in [9.17, 15) is 4.79 Å². The SMILES string of the molecule is CCOC(=O)CCCCCCC/C=C/CCCCCCc1ccccc1. The molecule has 1 aromatic rings. The van der Waals surface area contributed by atoms with Crippen molar-refractivity contribution in [3.8, 4) is 0 Å². The predicted octanol–water partition coefficient (Wildman–Crippen LogP) is 7.03. The Bertz CT molecular complexity index is 464. The van der Waals surface area contributed by atoms with Gasteiger partial charge < -0.3 is 4.74 Å². The molecule has 0 aromatic heterocycles. The van der Waals surface area contributed by atoms with Gasteiger partial charge in [-0.1, -0.05) is 74.6 Å². The van der Waals surface area contributed by atoms with Gasteiger partial charge in [-0.3, -0.25) is 4.79 Å². The zero-order valence-corrected chi connectivity index (χ0v) is 16.8. The van der Waals surface area contributed by atoms with Crippen LogP contribution in [-0.2, 0) is 16.0 Å². The summed E-state index contributed by atoms with van der Waals surface area (Å²) in [5.74, 6) is -0.0458. The molecule has 146 valence electrons. The molecule has 2 nitrogen and oxygen atoms in total. The van der Waals surface area contributed by atoms with Crippen LogP contribution in [0, 0.1) is 0 Å². The summed E-state index contributed by atoms with van der Waals surface area (Å²) in [6, 6.07) is 10.8. The van der Waals surface area contributed by atoms with Gasteiger partial charge in [0.2, 0.25) is 0 Å². The first kappa shape index (κ1) is 22.5. The van der Waals surface area contributed by atoms with Crippen LogP contribution in [0.3, 0.4) is 0 Å². The van der Waals surface area contributed by atoms with Gasteiger partial charge in [-0.15, -0.1) is 0 Å². The van der Waals surface area contributed by atoms with Crippen molar-refractivity contribution in [2.45, 2.75) is 90.4 Å². The van der Waals surface area contributed by atoms with E-state index in [0.717, 1.165) is 12.8 Å². The van der Waals surface area contributed by atoms with Gasteiger partial charge in [0.15, 0.2) is 0 Å². The van der Waals surface area contributed by atoms with Gasteiger partial charge in [-0.2, -0.15) is 0 Å². The number of hydrogen-bond acceptors (Lipinski definition) is 2. The van der Waals surface area contributed by atoms with Gasteiger partial charge in [-0.05, 0) is 57.4 Å². The van der Waals surface area contributed by atoms with Crippen LogP contribution in [0.2, 0.25) is 0 Å². The summed E-state index contributed by atoms with van der Waals surface area (Å²) in [6.45, 7) is 2.36. The van der Waals surface area contributed by atoms with Crippen molar-refractivity contribution in [3.05, 3.63) is 48.0 Å². The average molecular weight is 359 g/mol. The van der Waals surface area contributed by atoms with Crippen molar-refractivity contribution in [3.63, 3.8) is 0 Å². The maximum absolute atomic E-state index is 11.2. The molecule has 0 bridgehead atoms. The van der Waals surface area contributed by atoms with Crippen molar-refractivity contribution >= 4 is 5.97 Å². The van der Waals surface area contributed by atoms with Crippen molar-refractivity contribution in [1.82, 2.24) is 0 Å². The van der Waals surface area contributed by atoms with E-state index in [1.54, 1.807) is 0 Å². The highest BCUT2D eigenvalue weighted by atomic mass is 16.5. The molecular weight excluding hydrogens is 320 g/mol. The highest BCUT2D eigenvalue weighted by molar-refractivity contribution is 5.69. The van der Waals surface area contributed by atoms with Crippen molar-refractivity contribution in [2.75, 3.05) is 6.61 Å². The number of unbranched alkanes of at least 4 members (excludes halogenated alkanes) is 9. The maximum Gasteiger partial charge on any atom is 0.305 e. The van der Waals surface area contributed by atoms with Crippen LogP contribution in [0.5, 0.6) is 0 Å². The first-order chi connectivity index (χ1) is 12.8. The molecule has 0 unspecified atom stereocenters. The fourth-order valence-electron chi connectivity index (χ4n) is 3.12. The van der Waals surface area contributed by atoms with Crippen molar-refractivity contribution < 1.29 is 9.53 Å². The second-order valence-electron chi connectivity index (χ2n) is 7.02. The number of rotatable bonds is 16. The van der Waals surface area contributed by atoms with Crippen LogP contribution < -0.4 is 0 Å². The summed E-state index contributed by atoms with van der Waals surface area (Å²) in [5.41, 5.74) is 1.47. The average Bonchev–Trinajstić information content (AvgIpc) is 2.66. The van der Waals surface area contributed by atoms with Crippen molar-refractivity contribution in [1.29, 1.82) is 0 Å². The third kappa shape index (κ3) is 13.7. The second-order valence-corrected chi connectivity index (χ2v) is 7.02. The predicted molar refractivity (Wildman–Crippen MR) is 111 cm³/mol. The van der Waals surface area contributed by atoms with E-state index in [-0.39, 0.29) is 5.97 Å². The fourth-order valence-corrected chi connectivity index (χ4v) is 3.12. The molecule has 0 amide bonds. The van der Waals surface area contributed by atoms with Crippen LogP contribution in [0.25, 0.3) is 0 Å². The molecule has 1 aromatic carbocycles.